The number of rotatable bonds is 0. The molecule has 3 heteroatoms. The van der Waals surface area contributed by atoms with Gasteiger partial charge in [-0.1, -0.05) is 19.6 Å². The Morgan fingerprint density at radius 2 is 1.36 bits per heavy atom. The van der Waals surface area contributed by atoms with Crippen molar-refractivity contribution >= 4 is 8.07 Å². The third-order valence-corrected chi connectivity index (χ3v) is 0.827. The van der Waals surface area contributed by atoms with Gasteiger partial charge in [-0.05, 0) is 12.8 Å². The molecule has 1 fully saturated rings. The molecule has 1 saturated heterocycles. The normalized spacial score (nSPS) is 16.4. The van der Waals surface area contributed by atoms with Crippen molar-refractivity contribution in [3.63, 3.8) is 0 Å². The molecule has 0 N–H and O–H groups in total. The van der Waals surface area contributed by atoms with Gasteiger partial charge in [0.25, 0.3) is 0 Å². The molecule has 62 valence electrons. The molecule has 0 aliphatic carbocycles. The van der Waals surface area contributed by atoms with Gasteiger partial charge in [-0.3, -0.25) is 0 Å². The van der Waals surface area contributed by atoms with Crippen molar-refractivity contribution < 1.29 is 23.6 Å². The van der Waals surface area contributed by atoms with E-state index in [2.05, 4.69) is 26.2 Å². The van der Waals surface area contributed by atoms with Crippen LogP contribution < -0.4 is 18.9 Å². The average molecular weight is 166 g/mol. The monoisotopic (exact) mass is 166 g/mol. The molecule has 1 aliphatic rings. The molecule has 11 heavy (non-hydrogen) atoms. The van der Waals surface area contributed by atoms with Crippen LogP contribution in [0.15, 0.2) is 0 Å². The Balaban J connectivity index is 0. The van der Waals surface area contributed by atoms with E-state index in [-0.39, 0.29) is 18.9 Å². The Morgan fingerprint density at radius 3 is 1.45 bits per heavy atom. The molecule has 1 nitrogen and oxygen atoms in total. The van der Waals surface area contributed by atoms with E-state index < -0.39 is 8.07 Å². The summed E-state index contributed by atoms with van der Waals surface area (Å²) in [5.41, 5.74) is 0. The van der Waals surface area contributed by atoms with E-state index in [0.717, 1.165) is 13.2 Å². The van der Waals surface area contributed by atoms with Gasteiger partial charge in [-0.15, -0.1) is 8.07 Å². The van der Waals surface area contributed by atoms with Crippen molar-refractivity contribution in [1.29, 1.82) is 0 Å². The summed E-state index contributed by atoms with van der Waals surface area (Å²) in [5, 5.41) is 0. The Labute approximate surface area is 84.1 Å². The quantitative estimate of drug-likeness (QED) is 0.348. The standard InChI is InChI=1S/C4H8O.C4H11Si.Li/c1-2-4-5-3-1;1-5(2,3)4;/h1-4H2;1H2,2-4H3;/q;-1;+1. The van der Waals surface area contributed by atoms with Gasteiger partial charge in [0.2, 0.25) is 0 Å². The van der Waals surface area contributed by atoms with Crippen LogP contribution in [0.25, 0.3) is 0 Å². The first-order valence-electron chi connectivity index (χ1n) is 3.93. The molecule has 1 rings (SSSR count). The second-order valence-electron chi connectivity index (χ2n) is 3.88. The molecule has 0 amide bonds. The first kappa shape index (κ1) is 14.3. The Kier molecular flexibility index (Phi) is 9.66. The first-order chi connectivity index (χ1) is 4.50. The zero-order chi connectivity index (χ0) is 8.04. The molecule has 0 aromatic carbocycles. The minimum Gasteiger partial charge on any atom is -0.381 e. The van der Waals surface area contributed by atoms with Crippen molar-refractivity contribution in [3.05, 3.63) is 6.55 Å². The third kappa shape index (κ3) is 24.9. The fourth-order valence-corrected chi connectivity index (χ4v) is 0.510. The van der Waals surface area contributed by atoms with Crippen LogP contribution >= 0.6 is 0 Å². The van der Waals surface area contributed by atoms with E-state index in [1.54, 1.807) is 0 Å². The van der Waals surface area contributed by atoms with Crippen LogP contribution in [-0.2, 0) is 4.74 Å². The Morgan fingerprint density at radius 1 is 1.09 bits per heavy atom. The number of ether oxygens (including phenoxy) is 1. The van der Waals surface area contributed by atoms with Crippen LogP contribution in [0, 0.1) is 6.55 Å². The van der Waals surface area contributed by atoms with Crippen molar-refractivity contribution in [1.82, 2.24) is 0 Å². The molecule has 1 aliphatic heterocycles. The molecule has 0 bridgehead atoms. The molecular weight excluding hydrogens is 147 g/mol. The summed E-state index contributed by atoms with van der Waals surface area (Å²) in [6, 6.07) is 0. The molecule has 0 saturated carbocycles. The van der Waals surface area contributed by atoms with Crippen molar-refractivity contribution in [2.24, 2.45) is 0 Å². The topological polar surface area (TPSA) is 9.23 Å². The van der Waals surface area contributed by atoms with E-state index in [1.807, 2.05) is 0 Å². The van der Waals surface area contributed by atoms with Gasteiger partial charge < -0.3 is 11.3 Å². The molecule has 0 atom stereocenters. The summed E-state index contributed by atoms with van der Waals surface area (Å²) in [6.45, 7) is 12.6. The maximum absolute atomic E-state index is 4.94. The SMILES string of the molecule is C1CCOC1.[CH2-][Si](C)(C)C.[Li+]. The largest absolute Gasteiger partial charge is 1.00 e. The van der Waals surface area contributed by atoms with E-state index in [4.69, 9.17) is 4.74 Å². The second kappa shape index (κ2) is 7.42. The summed E-state index contributed by atoms with van der Waals surface area (Å²) >= 11 is 0. The van der Waals surface area contributed by atoms with E-state index in [9.17, 15) is 0 Å². The maximum Gasteiger partial charge on any atom is 1.00 e. The molecule has 0 unspecified atom stereocenters. The van der Waals surface area contributed by atoms with E-state index >= 15 is 0 Å². The summed E-state index contributed by atoms with van der Waals surface area (Å²) in [5.74, 6) is 0. The summed E-state index contributed by atoms with van der Waals surface area (Å²) in [7, 11) is -0.861. The van der Waals surface area contributed by atoms with Crippen molar-refractivity contribution in [3.8, 4) is 0 Å². The molecular formula is C8H19LiOSi. The van der Waals surface area contributed by atoms with E-state index in [0.29, 0.717) is 0 Å². The maximum atomic E-state index is 4.94. The predicted octanol–water partition coefficient (Wildman–Crippen LogP) is -0.501. The van der Waals surface area contributed by atoms with Crippen LogP contribution in [0.3, 0.4) is 0 Å². The predicted molar refractivity (Wildman–Crippen MR) is 48.8 cm³/mol. The average Bonchev–Trinajstić information content (AvgIpc) is 2.07. The third-order valence-electron chi connectivity index (χ3n) is 0.827. The molecule has 0 spiro atoms. The van der Waals surface area contributed by atoms with Gasteiger partial charge in [0, 0.05) is 13.2 Å². The Hall–Kier alpha value is 0.774. The van der Waals surface area contributed by atoms with Gasteiger partial charge in [-0.25, -0.2) is 0 Å². The smallest absolute Gasteiger partial charge is 0.381 e. The van der Waals surface area contributed by atoms with Crippen LogP contribution in [0.2, 0.25) is 19.6 Å². The summed E-state index contributed by atoms with van der Waals surface area (Å²) in [6.07, 6.45) is 2.56. The molecule has 1 heterocycles. The number of hydrogen-bond donors (Lipinski definition) is 0. The number of hydrogen-bond acceptors (Lipinski definition) is 1. The van der Waals surface area contributed by atoms with Crippen molar-refractivity contribution in [2.45, 2.75) is 32.5 Å². The van der Waals surface area contributed by atoms with Crippen LogP contribution in [-0.4, -0.2) is 21.3 Å². The summed E-state index contributed by atoms with van der Waals surface area (Å²) in [4.78, 5) is 0. The van der Waals surface area contributed by atoms with Gasteiger partial charge in [0.05, 0.1) is 0 Å². The van der Waals surface area contributed by atoms with Gasteiger partial charge in [-0.2, -0.15) is 0 Å². The van der Waals surface area contributed by atoms with Gasteiger partial charge in [0.15, 0.2) is 0 Å². The van der Waals surface area contributed by atoms with Crippen molar-refractivity contribution in [2.75, 3.05) is 13.2 Å². The van der Waals surface area contributed by atoms with Crippen LogP contribution in [0.1, 0.15) is 12.8 Å². The minimum absolute atomic E-state index is 0. The minimum atomic E-state index is -0.861. The Bertz CT molecular complexity index is 63.0. The zero-order valence-corrected chi connectivity index (χ0v) is 9.44. The first-order valence-corrected chi connectivity index (χ1v) is 7.64. The van der Waals surface area contributed by atoms with E-state index in [1.165, 1.54) is 12.8 Å². The molecule has 0 aromatic rings. The fourth-order valence-electron chi connectivity index (χ4n) is 0.510. The molecule has 0 aromatic heterocycles. The second-order valence-corrected chi connectivity index (χ2v) is 9.00. The van der Waals surface area contributed by atoms with Crippen LogP contribution in [0.4, 0.5) is 0 Å². The zero-order valence-electron chi connectivity index (χ0n) is 8.44. The van der Waals surface area contributed by atoms with Crippen LogP contribution in [0.5, 0.6) is 0 Å². The van der Waals surface area contributed by atoms with Gasteiger partial charge in [0.1, 0.15) is 0 Å². The summed E-state index contributed by atoms with van der Waals surface area (Å²) < 4.78 is 4.94. The fraction of sp³-hybridized carbons (Fsp3) is 0.875. The van der Waals surface area contributed by atoms with Gasteiger partial charge >= 0.3 is 18.9 Å². The molecule has 0 radical (unpaired) electrons.